The number of fused-ring (bicyclic) bond motifs is 1. The fraction of sp³-hybridized carbons (Fsp3) is 0.111. The number of carboxylic acid groups (broad SMARTS) is 1. The smallest absolute Gasteiger partial charge is 0.330 e. The number of halogens is 1. The number of aliphatic carboxylic acids is 1. The van der Waals surface area contributed by atoms with Crippen LogP contribution in [0.2, 0.25) is 0 Å². The molecule has 0 bridgehead atoms. The molecule has 0 radical (unpaired) electrons. The third-order valence-electron chi connectivity index (χ3n) is 3.93. The lowest BCUT2D eigenvalue weighted by molar-refractivity contribution is -0.131. The molecular formula is C18H14FNO3. The standard InChI is InChI=1S/C18H14FNO3/c1-10-7-14-15(8-11(10)2)18(23)20(16(14)9-17(21)22)13-5-3-12(19)4-6-13/h3-9H,1-2H3,(H,21,22). The Morgan fingerprint density at radius 2 is 1.65 bits per heavy atom. The molecule has 0 saturated heterocycles. The predicted molar refractivity (Wildman–Crippen MR) is 84.7 cm³/mol. The van der Waals surface area contributed by atoms with Gasteiger partial charge in [0.1, 0.15) is 5.82 Å². The number of hydrogen-bond acceptors (Lipinski definition) is 2. The van der Waals surface area contributed by atoms with Crippen LogP contribution in [0, 0.1) is 19.7 Å². The second-order valence-electron chi connectivity index (χ2n) is 5.47. The molecule has 0 unspecified atom stereocenters. The topological polar surface area (TPSA) is 57.6 Å². The average Bonchev–Trinajstić information content (AvgIpc) is 2.73. The average molecular weight is 311 g/mol. The second-order valence-corrected chi connectivity index (χ2v) is 5.47. The summed E-state index contributed by atoms with van der Waals surface area (Å²) in [6.45, 7) is 3.79. The molecule has 2 aromatic rings. The van der Waals surface area contributed by atoms with Crippen molar-refractivity contribution in [1.82, 2.24) is 0 Å². The van der Waals surface area contributed by atoms with Crippen LogP contribution in [0.4, 0.5) is 10.1 Å². The molecule has 0 aliphatic carbocycles. The molecule has 1 heterocycles. The number of nitrogens with zero attached hydrogens (tertiary/aromatic N) is 1. The third kappa shape index (κ3) is 2.50. The van der Waals surface area contributed by atoms with Gasteiger partial charge in [0.15, 0.2) is 0 Å². The van der Waals surface area contributed by atoms with E-state index in [1.54, 1.807) is 12.1 Å². The molecule has 0 atom stereocenters. The Morgan fingerprint density at radius 3 is 2.22 bits per heavy atom. The van der Waals surface area contributed by atoms with E-state index in [4.69, 9.17) is 5.11 Å². The van der Waals surface area contributed by atoms with Crippen molar-refractivity contribution in [3.8, 4) is 0 Å². The number of rotatable bonds is 2. The van der Waals surface area contributed by atoms with E-state index in [0.29, 0.717) is 16.8 Å². The highest BCUT2D eigenvalue weighted by atomic mass is 19.1. The number of hydrogen-bond donors (Lipinski definition) is 1. The third-order valence-corrected chi connectivity index (χ3v) is 3.93. The lowest BCUT2D eigenvalue weighted by Gasteiger charge is -2.18. The molecule has 23 heavy (non-hydrogen) atoms. The van der Waals surface area contributed by atoms with Crippen LogP contribution in [-0.4, -0.2) is 17.0 Å². The maximum atomic E-state index is 13.1. The fourth-order valence-electron chi connectivity index (χ4n) is 2.66. The highest BCUT2D eigenvalue weighted by Crippen LogP contribution is 2.38. The maximum Gasteiger partial charge on any atom is 0.330 e. The summed E-state index contributed by atoms with van der Waals surface area (Å²) in [7, 11) is 0. The van der Waals surface area contributed by atoms with Crippen molar-refractivity contribution in [1.29, 1.82) is 0 Å². The molecular weight excluding hydrogens is 297 g/mol. The van der Waals surface area contributed by atoms with E-state index in [1.165, 1.54) is 29.2 Å². The minimum absolute atomic E-state index is 0.284. The summed E-state index contributed by atoms with van der Waals surface area (Å²) in [4.78, 5) is 25.2. The molecule has 3 rings (SSSR count). The lowest BCUT2D eigenvalue weighted by Crippen LogP contribution is -2.22. The Morgan fingerprint density at radius 1 is 1.09 bits per heavy atom. The monoisotopic (exact) mass is 311 g/mol. The SMILES string of the molecule is Cc1cc2c(cc1C)C(=CC(=O)O)N(c1ccc(F)cc1)C2=O. The Labute approximate surface area is 132 Å². The van der Waals surface area contributed by atoms with Crippen LogP contribution < -0.4 is 4.90 Å². The Hall–Kier alpha value is -2.95. The van der Waals surface area contributed by atoms with Gasteiger partial charge < -0.3 is 5.11 Å². The summed E-state index contributed by atoms with van der Waals surface area (Å²) in [6.07, 6.45) is 1.00. The van der Waals surface area contributed by atoms with Gasteiger partial charge in [-0.25, -0.2) is 9.18 Å². The maximum absolute atomic E-state index is 13.1. The van der Waals surface area contributed by atoms with Crippen molar-refractivity contribution in [2.75, 3.05) is 4.90 Å². The summed E-state index contributed by atoms with van der Waals surface area (Å²) < 4.78 is 13.1. The number of carboxylic acids is 1. The molecule has 1 N–H and O–H groups in total. The van der Waals surface area contributed by atoms with Crippen LogP contribution in [0.1, 0.15) is 27.0 Å². The van der Waals surface area contributed by atoms with Crippen molar-refractivity contribution >= 4 is 23.3 Å². The van der Waals surface area contributed by atoms with E-state index < -0.39 is 11.8 Å². The largest absolute Gasteiger partial charge is 0.478 e. The van der Waals surface area contributed by atoms with Gasteiger partial charge in [-0.05, 0) is 61.4 Å². The van der Waals surface area contributed by atoms with Crippen LogP contribution >= 0.6 is 0 Å². The Kier molecular flexibility index (Phi) is 3.48. The van der Waals surface area contributed by atoms with E-state index in [-0.39, 0.29) is 11.6 Å². The van der Waals surface area contributed by atoms with Gasteiger partial charge in [0.2, 0.25) is 0 Å². The predicted octanol–water partition coefficient (Wildman–Crippen LogP) is 3.53. The lowest BCUT2D eigenvalue weighted by atomic mass is 10.0. The first kappa shape index (κ1) is 15.0. The Bertz CT molecular complexity index is 853. The molecule has 2 aromatic carbocycles. The summed E-state index contributed by atoms with van der Waals surface area (Å²) in [5.41, 5.74) is 3.65. The molecule has 116 valence electrons. The van der Waals surface area contributed by atoms with Crippen molar-refractivity contribution in [2.45, 2.75) is 13.8 Å². The van der Waals surface area contributed by atoms with E-state index in [0.717, 1.165) is 17.2 Å². The molecule has 0 fully saturated rings. The first-order chi connectivity index (χ1) is 10.9. The number of benzene rings is 2. The molecule has 0 saturated carbocycles. The number of carbonyl (C=O) groups excluding carboxylic acids is 1. The summed E-state index contributed by atoms with van der Waals surface area (Å²) in [5, 5.41) is 9.14. The quantitative estimate of drug-likeness (QED) is 0.863. The molecule has 1 amide bonds. The minimum Gasteiger partial charge on any atom is -0.478 e. The van der Waals surface area contributed by atoms with E-state index >= 15 is 0 Å². The van der Waals surface area contributed by atoms with Crippen LogP contribution in [-0.2, 0) is 4.79 Å². The Balaban J connectivity index is 2.22. The number of aryl methyl sites for hydroxylation is 2. The van der Waals surface area contributed by atoms with Crippen LogP contribution in [0.15, 0.2) is 42.5 Å². The van der Waals surface area contributed by atoms with Gasteiger partial charge >= 0.3 is 5.97 Å². The summed E-state index contributed by atoms with van der Waals surface area (Å²) in [5.74, 6) is -1.89. The molecule has 1 aliphatic rings. The first-order valence-corrected chi connectivity index (χ1v) is 7.05. The van der Waals surface area contributed by atoms with Gasteiger partial charge in [-0.3, -0.25) is 9.69 Å². The zero-order chi connectivity index (χ0) is 16.7. The van der Waals surface area contributed by atoms with Gasteiger partial charge in [0, 0.05) is 22.9 Å². The van der Waals surface area contributed by atoms with Crippen molar-refractivity contribution in [3.05, 3.63) is 70.5 Å². The molecule has 0 aromatic heterocycles. The van der Waals surface area contributed by atoms with Crippen molar-refractivity contribution in [3.63, 3.8) is 0 Å². The van der Waals surface area contributed by atoms with Gasteiger partial charge in [-0.1, -0.05) is 0 Å². The highest BCUT2D eigenvalue weighted by molar-refractivity contribution is 6.24. The normalized spacial score (nSPS) is 15.2. The molecule has 5 heteroatoms. The van der Waals surface area contributed by atoms with E-state index in [1.807, 2.05) is 13.8 Å². The van der Waals surface area contributed by atoms with Gasteiger partial charge in [-0.2, -0.15) is 0 Å². The number of carbonyl (C=O) groups is 2. The van der Waals surface area contributed by atoms with Gasteiger partial charge in [0.05, 0.1) is 5.70 Å². The zero-order valence-corrected chi connectivity index (χ0v) is 12.6. The van der Waals surface area contributed by atoms with E-state index in [9.17, 15) is 14.0 Å². The van der Waals surface area contributed by atoms with Gasteiger partial charge in [-0.15, -0.1) is 0 Å². The highest BCUT2D eigenvalue weighted by Gasteiger charge is 2.34. The number of amides is 1. The summed E-state index contributed by atoms with van der Waals surface area (Å²) >= 11 is 0. The second kappa shape index (κ2) is 5.35. The number of anilines is 1. The van der Waals surface area contributed by atoms with Crippen molar-refractivity contribution < 1.29 is 19.1 Å². The molecule has 1 aliphatic heterocycles. The van der Waals surface area contributed by atoms with Crippen molar-refractivity contribution in [2.24, 2.45) is 0 Å². The zero-order valence-electron chi connectivity index (χ0n) is 12.6. The molecule has 4 nitrogen and oxygen atoms in total. The van der Waals surface area contributed by atoms with Crippen LogP contribution in [0.3, 0.4) is 0 Å². The molecule has 0 spiro atoms. The summed E-state index contributed by atoms with van der Waals surface area (Å²) in [6, 6.07) is 8.94. The van der Waals surface area contributed by atoms with Crippen LogP contribution in [0.25, 0.3) is 5.70 Å². The van der Waals surface area contributed by atoms with Crippen LogP contribution in [0.5, 0.6) is 0 Å². The van der Waals surface area contributed by atoms with E-state index in [2.05, 4.69) is 0 Å². The first-order valence-electron chi connectivity index (χ1n) is 7.05. The van der Waals surface area contributed by atoms with Gasteiger partial charge in [0.25, 0.3) is 5.91 Å². The fourth-order valence-corrected chi connectivity index (χ4v) is 2.66. The minimum atomic E-state index is -1.15.